The molecular formula is C20H17ClN2O2S. The molecule has 132 valence electrons. The van der Waals surface area contributed by atoms with Gasteiger partial charge in [-0.3, -0.25) is 14.5 Å². The summed E-state index contributed by atoms with van der Waals surface area (Å²) in [4.78, 5) is 30.3. The molecule has 0 unspecified atom stereocenters. The molecule has 3 fully saturated rings. The first-order chi connectivity index (χ1) is 12.7. The van der Waals surface area contributed by atoms with Gasteiger partial charge in [-0.1, -0.05) is 41.9 Å². The van der Waals surface area contributed by atoms with Crippen LogP contribution in [0.1, 0.15) is 11.6 Å². The summed E-state index contributed by atoms with van der Waals surface area (Å²) in [6, 6.07) is 17.0. The second-order valence-electron chi connectivity index (χ2n) is 6.98. The van der Waals surface area contributed by atoms with Crippen LogP contribution in [0.2, 0.25) is 5.02 Å². The predicted molar refractivity (Wildman–Crippen MR) is 103 cm³/mol. The lowest BCUT2D eigenvalue weighted by Gasteiger charge is -2.28. The molecule has 3 aliphatic rings. The maximum Gasteiger partial charge on any atom is 0.239 e. The lowest BCUT2D eigenvalue weighted by Crippen LogP contribution is -2.40. The lowest BCUT2D eigenvalue weighted by molar-refractivity contribution is -0.123. The molecule has 0 spiro atoms. The maximum absolute atomic E-state index is 13.3. The number of anilines is 1. The molecule has 2 amide bonds. The Morgan fingerprint density at radius 2 is 1.73 bits per heavy atom. The minimum atomic E-state index is -0.341. The topological polar surface area (TPSA) is 40.6 Å². The van der Waals surface area contributed by atoms with Crippen LogP contribution >= 0.6 is 23.4 Å². The Kier molecular flexibility index (Phi) is 3.85. The fourth-order valence-electron chi connectivity index (χ4n) is 4.64. The van der Waals surface area contributed by atoms with E-state index >= 15 is 0 Å². The molecule has 0 N–H and O–H groups in total. The molecule has 6 heteroatoms. The Balaban J connectivity index is 1.60. The fraction of sp³-hybridized carbons (Fsp3) is 0.300. The summed E-state index contributed by atoms with van der Waals surface area (Å²) in [5.41, 5.74) is 1.69. The number of fused-ring (bicyclic) bond motifs is 3. The van der Waals surface area contributed by atoms with Crippen LogP contribution in [0.25, 0.3) is 0 Å². The van der Waals surface area contributed by atoms with Gasteiger partial charge in [0.25, 0.3) is 0 Å². The van der Waals surface area contributed by atoms with Crippen LogP contribution in [0.3, 0.4) is 0 Å². The number of halogens is 1. The normalized spacial score (nSPS) is 30.7. The molecule has 4 nitrogen and oxygen atoms in total. The number of amides is 2. The van der Waals surface area contributed by atoms with Crippen LogP contribution in [0.15, 0.2) is 54.6 Å². The van der Waals surface area contributed by atoms with Gasteiger partial charge >= 0.3 is 0 Å². The van der Waals surface area contributed by atoms with Gasteiger partial charge in [0, 0.05) is 28.7 Å². The quantitative estimate of drug-likeness (QED) is 0.742. The number of carbonyl (C=O) groups is 2. The van der Waals surface area contributed by atoms with Crippen molar-refractivity contribution in [3.05, 3.63) is 65.2 Å². The largest absolute Gasteiger partial charge is 0.282 e. The molecule has 26 heavy (non-hydrogen) atoms. The van der Waals surface area contributed by atoms with Crippen molar-refractivity contribution in [2.24, 2.45) is 11.8 Å². The summed E-state index contributed by atoms with van der Waals surface area (Å²) >= 11 is 8.04. The number of benzene rings is 2. The van der Waals surface area contributed by atoms with E-state index in [1.807, 2.05) is 66.4 Å². The minimum Gasteiger partial charge on any atom is -0.282 e. The van der Waals surface area contributed by atoms with Gasteiger partial charge in [0.1, 0.15) is 0 Å². The van der Waals surface area contributed by atoms with E-state index in [1.54, 1.807) is 0 Å². The van der Waals surface area contributed by atoms with Gasteiger partial charge in [-0.15, -0.1) is 11.8 Å². The standard InChI is InChI=1S/C20H17ClN2O2S/c21-13-6-4-5-12(9-13)18-17-16(15-10-26-11-22(15)18)19(24)23(20(17)25)14-7-2-1-3-8-14/h1-9,15-18H,10-11H2/t15-,16+,17-,18-/m1/s1. The van der Waals surface area contributed by atoms with Crippen molar-refractivity contribution >= 4 is 40.9 Å². The van der Waals surface area contributed by atoms with Crippen molar-refractivity contribution < 1.29 is 9.59 Å². The molecule has 3 aliphatic heterocycles. The van der Waals surface area contributed by atoms with Crippen molar-refractivity contribution in [2.75, 3.05) is 16.5 Å². The van der Waals surface area contributed by atoms with Crippen molar-refractivity contribution in [1.82, 2.24) is 4.90 Å². The Morgan fingerprint density at radius 1 is 0.962 bits per heavy atom. The molecule has 0 bridgehead atoms. The summed E-state index contributed by atoms with van der Waals surface area (Å²) in [6.45, 7) is 0. The second-order valence-corrected chi connectivity index (χ2v) is 8.42. The highest BCUT2D eigenvalue weighted by atomic mass is 35.5. The Bertz CT molecular complexity index is 890. The molecule has 2 aromatic rings. The lowest BCUT2D eigenvalue weighted by atomic mass is 9.87. The first kappa shape index (κ1) is 16.4. The number of carbonyl (C=O) groups excluding carboxylic acids is 2. The average Bonchev–Trinajstić information content (AvgIpc) is 3.28. The molecule has 5 rings (SSSR count). The van der Waals surface area contributed by atoms with Crippen molar-refractivity contribution in [3.63, 3.8) is 0 Å². The molecule has 0 aromatic heterocycles. The van der Waals surface area contributed by atoms with Crippen LogP contribution in [0.4, 0.5) is 5.69 Å². The summed E-state index contributed by atoms with van der Waals surface area (Å²) in [5, 5.41) is 0.658. The van der Waals surface area contributed by atoms with Gasteiger partial charge in [-0.2, -0.15) is 0 Å². The third kappa shape index (κ3) is 2.27. The van der Waals surface area contributed by atoms with Crippen LogP contribution in [0, 0.1) is 11.8 Å². The number of nitrogens with zero attached hydrogens (tertiary/aromatic N) is 2. The first-order valence-electron chi connectivity index (χ1n) is 8.68. The maximum atomic E-state index is 13.3. The number of hydrogen-bond donors (Lipinski definition) is 0. The van der Waals surface area contributed by atoms with E-state index in [9.17, 15) is 9.59 Å². The third-order valence-electron chi connectivity index (χ3n) is 5.67. The van der Waals surface area contributed by atoms with Crippen LogP contribution < -0.4 is 4.90 Å². The third-order valence-corrected chi connectivity index (χ3v) is 6.96. The second kappa shape index (κ2) is 6.12. The van der Waals surface area contributed by atoms with Gasteiger partial charge < -0.3 is 0 Å². The first-order valence-corrected chi connectivity index (χ1v) is 10.2. The zero-order valence-electron chi connectivity index (χ0n) is 13.9. The molecule has 4 atom stereocenters. The SMILES string of the molecule is O=C1[C@@H]2[C@@H](C(=O)N1c1ccccc1)[C@@H](c1cccc(Cl)c1)N1CSC[C@H]21. The monoisotopic (exact) mass is 384 g/mol. The Hall–Kier alpha value is -1.82. The fourth-order valence-corrected chi connectivity index (χ4v) is 6.15. The molecule has 0 radical (unpaired) electrons. The molecule has 0 aliphatic carbocycles. The number of hydrogen-bond acceptors (Lipinski definition) is 4. The molecule has 3 heterocycles. The predicted octanol–water partition coefficient (Wildman–Crippen LogP) is 3.58. The van der Waals surface area contributed by atoms with E-state index in [4.69, 9.17) is 11.6 Å². The van der Waals surface area contributed by atoms with E-state index < -0.39 is 0 Å². The van der Waals surface area contributed by atoms with E-state index in [-0.39, 0.29) is 35.7 Å². The van der Waals surface area contributed by atoms with Crippen molar-refractivity contribution in [3.8, 4) is 0 Å². The van der Waals surface area contributed by atoms with E-state index in [2.05, 4.69) is 4.90 Å². The van der Waals surface area contributed by atoms with Crippen LogP contribution in [0.5, 0.6) is 0 Å². The average molecular weight is 385 g/mol. The van der Waals surface area contributed by atoms with Crippen LogP contribution in [-0.2, 0) is 9.59 Å². The van der Waals surface area contributed by atoms with Crippen molar-refractivity contribution in [2.45, 2.75) is 12.1 Å². The Labute approximate surface area is 161 Å². The molecule has 2 aromatic carbocycles. The van der Waals surface area contributed by atoms with E-state index in [1.165, 1.54) is 4.90 Å². The Morgan fingerprint density at radius 3 is 2.50 bits per heavy atom. The summed E-state index contributed by atoms with van der Waals surface area (Å²) in [6.07, 6.45) is 0. The van der Waals surface area contributed by atoms with Gasteiger partial charge in [0.05, 0.1) is 17.5 Å². The zero-order valence-corrected chi connectivity index (χ0v) is 15.5. The highest BCUT2D eigenvalue weighted by Gasteiger charge is 2.63. The highest BCUT2D eigenvalue weighted by molar-refractivity contribution is 7.99. The van der Waals surface area contributed by atoms with E-state index in [0.717, 1.165) is 17.2 Å². The number of thioether (sulfide) groups is 1. The highest BCUT2D eigenvalue weighted by Crippen LogP contribution is 2.54. The number of rotatable bonds is 2. The van der Waals surface area contributed by atoms with Gasteiger partial charge in [0.2, 0.25) is 11.8 Å². The van der Waals surface area contributed by atoms with Crippen LogP contribution in [-0.4, -0.2) is 34.4 Å². The summed E-state index contributed by atoms with van der Waals surface area (Å²) < 4.78 is 0. The van der Waals surface area contributed by atoms with Gasteiger partial charge in [0.15, 0.2) is 0 Å². The van der Waals surface area contributed by atoms with E-state index in [0.29, 0.717) is 10.7 Å². The minimum absolute atomic E-state index is 0.0618. The van der Waals surface area contributed by atoms with Crippen molar-refractivity contribution in [1.29, 1.82) is 0 Å². The molecule has 0 saturated carbocycles. The molecular weight excluding hydrogens is 368 g/mol. The summed E-state index contributed by atoms with van der Waals surface area (Å²) in [7, 11) is 0. The summed E-state index contributed by atoms with van der Waals surface area (Å²) in [5.74, 6) is 0.971. The smallest absolute Gasteiger partial charge is 0.239 e. The van der Waals surface area contributed by atoms with Gasteiger partial charge in [-0.25, -0.2) is 4.90 Å². The number of imide groups is 1. The number of para-hydroxylation sites is 1. The zero-order chi connectivity index (χ0) is 17.8. The molecule has 3 saturated heterocycles. The van der Waals surface area contributed by atoms with Gasteiger partial charge in [-0.05, 0) is 29.8 Å².